The van der Waals surface area contributed by atoms with Crippen LogP contribution in [0.3, 0.4) is 0 Å². The minimum absolute atomic E-state index is 0.0119. The van der Waals surface area contributed by atoms with Gasteiger partial charge in [-0.1, -0.05) is 0 Å². The Labute approximate surface area is 121 Å². The van der Waals surface area contributed by atoms with Gasteiger partial charge in [0, 0.05) is 12.8 Å². The summed E-state index contributed by atoms with van der Waals surface area (Å²) in [5.41, 5.74) is 0. The Morgan fingerprint density at radius 2 is 1.81 bits per heavy atom. The number of carbonyl (C=O) groups excluding carboxylic acids is 1. The van der Waals surface area contributed by atoms with Gasteiger partial charge in [0.2, 0.25) is 5.91 Å². The van der Waals surface area contributed by atoms with E-state index in [1.165, 1.54) is 4.90 Å². The molecule has 3 nitrogen and oxygen atoms in total. The SMILES string of the molecule is O=C(CC1CCC(C(F)(F)F)CC1)N1C[C@@H](F)C[C@H]1CO. The lowest BCUT2D eigenvalue weighted by Gasteiger charge is -2.31. The van der Waals surface area contributed by atoms with Crippen LogP contribution in [0.25, 0.3) is 0 Å². The number of likely N-dealkylation sites (tertiary alicyclic amines) is 1. The lowest BCUT2D eigenvalue weighted by atomic mass is 9.80. The molecule has 1 amide bonds. The van der Waals surface area contributed by atoms with Crippen molar-refractivity contribution in [1.82, 2.24) is 4.90 Å². The predicted molar refractivity (Wildman–Crippen MR) is 68.2 cm³/mol. The molecule has 1 saturated heterocycles. The summed E-state index contributed by atoms with van der Waals surface area (Å²) in [6.07, 6.45) is -4.07. The summed E-state index contributed by atoms with van der Waals surface area (Å²) < 4.78 is 51.0. The molecule has 1 aliphatic heterocycles. The summed E-state index contributed by atoms with van der Waals surface area (Å²) in [7, 11) is 0. The van der Waals surface area contributed by atoms with Crippen LogP contribution in [0, 0.1) is 11.8 Å². The Morgan fingerprint density at radius 1 is 1.19 bits per heavy atom. The number of nitrogens with zero attached hydrogens (tertiary/aromatic N) is 1. The van der Waals surface area contributed by atoms with E-state index < -0.39 is 24.3 Å². The van der Waals surface area contributed by atoms with Crippen LogP contribution in [0.4, 0.5) is 17.6 Å². The first-order valence-electron chi connectivity index (χ1n) is 7.42. The van der Waals surface area contributed by atoms with Gasteiger partial charge in [-0.3, -0.25) is 4.79 Å². The monoisotopic (exact) mass is 311 g/mol. The third-order valence-corrected chi connectivity index (χ3v) is 4.67. The Bertz CT molecular complexity index is 366. The molecule has 7 heteroatoms. The number of carbonyl (C=O) groups is 1. The molecule has 0 unspecified atom stereocenters. The lowest BCUT2D eigenvalue weighted by molar-refractivity contribution is -0.184. The second-order valence-electron chi connectivity index (χ2n) is 6.18. The van der Waals surface area contributed by atoms with Crippen molar-refractivity contribution in [3.8, 4) is 0 Å². The Morgan fingerprint density at radius 3 is 2.33 bits per heavy atom. The van der Waals surface area contributed by atoms with Crippen molar-refractivity contribution in [2.45, 2.75) is 56.9 Å². The number of aliphatic hydroxyl groups excluding tert-OH is 1. The van der Waals surface area contributed by atoms with Gasteiger partial charge in [0.1, 0.15) is 6.17 Å². The summed E-state index contributed by atoms with van der Waals surface area (Å²) in [6, 6.07) is -0.487. The first-order chi connectivity index (χ1) is 9.81. The molecule has 0 bridgehead atoms. The zero-order valence-corrected chi connectivity index (χ0v) is 11.8. The Kier molecular flexibility index (Phi) is 5.11. The fourth-order valence-corrected chi connectivity index (χ4v) is 3.40. The van der Waals surface area contributed by atoms with Crippen LogP contribution in [-0.4, -0.2) is 47.5 Å². The van der Waals surface area contributed by atoms with Crippen LogP contribution in [0.2, 0.25) is 0 Å². The molecule has 2 atom stereocenters. The van der Waals surface area contributed by atoms with E-state index in [9.17, 15) is 22.4 Å². The molecule has 2 aliphatic rings. The van der Waals surface area contributed by atoms with E-state index in [0.29, 0.717) is 12.8 Å². The zero-order chi connectivity index (χ0) is 15.6. The molecule has 1 heterocycles. The van der Waals surface area contributed by atoms with E-state index >= 15 is 0 Å². The highest BCUT2D eigenvalue weighted by Crippen LogP contribution is 2.40. The highest BCUT2D eigenvalue weighted by Gasteiger charge is 2.42. The van der Waals surface area contributed by atoms with Gasteiger partial charge in [0.15, 0.2) is 0 Å². The van der Waals surface area contributed by atoms with Crippen LogP contribution in [0.1, 0.15) is 38.5 Å². The molecule has 1 N–H and O–H groups in total. The standard InChI is InChI=1S/C14H21F4NO2/c15-11-6-12(8-20)19(7-11)13(21)5-9-1-3-10(4-2-9)14(16,17)18/h9-12,20H,1-8H2/t9?,10?,11-,12-/m0/s1. The summed E-state index contributed by atoms with van der Waals surface area (Å²) in [5.74, 6) is -1.56. The van der Waals surface area contributed by atoms with Gasteiger partial charge in [0.05, 0.1) is 25.1 Å². The van der Waals surface area contributed by atoms with Crippen LogP contribution in [-0.2, 0) is 4.79 Å². The number of halogens is 4. The van der Waals surface area contributed by atoms with Gasteiger partial charge in [-0.15, -0.1) is 0 Å². The Hall–Kier alpha value is -0.850. The predicted octanol–water partition coefficient (Wildman–Crippen LogP) is 2.68. The minimum atomic E-state index is -4.15. The van der Waals surface area contributed by atoms with Crippen molar-refractivity contribution in [3.05, 3.63) is 0 Å². The van der Waals surface area contributed by atoms with Gasteiger partial charge >= 0.3 is 6.18 Å². The molecular weight excluding hydrogens is 290 g/mol. The number of hydrogen-bond acceptors (Lipinski definition) is 2. The van der Waals surface area contributed by atoms with Crippen LogP contribution < -0.4 is 0 Å². The van der Waals surface area contributed by atoms with Crippen molar-refractivity contribution in [2.75, 3.05) is 13.2 Å². The maximum Gasteiger partial charge on any atom is 0.391 e. The molecule has 2 rings (SSSR count). The zero-order valence-electron chi connectivity index (χ0n) is 11.8. The fourth-order valence-electron chi connectivity index (χ4n) is 3.40. The molecule has 0 aromatic carbocycles. The van der Waals surface area contributed by atoms with Crippen LogP contribution in [0.15, 0.2) is 0 Å². The normalized spacial score (nSPS) is 34.2. The average Bonchev–Trinajstić information content (AvgIpc) is 2.79. The van der Waals surface area contributed by atoms with Crippen LogP contribution >= 0.6 is 0 Å². The summed E-state index contributed by atoms with van der Waals surface area (Å²) in [5, 5.41) is 9.15. The number of aliphatic hydroxyl groups is 1. The summed E-state index contributed by atoms with van der Waals surface area (Å²) in [4.78, 5) is 13.5. The molecule has 1 aliphatic carbocycles. The molecule has 0 aromatic heterocycles. The molecule has 0 radical (unpaired) electrons. The smallest absolute Gasteiger partial charge is 0.391 e. The highest BCUT2D eigenvalue weighted by molar-refractivity contribution is 5.77. The van der Waals surface area contributed by atoms with Gasteiger partial charge in [-0.2, -0.15) is 13.2 Å². The third kappa shape index (κ3) is 4.08. The average molecular weight is 311 g/mol. The van der Waals surface area contributed by atoms with Crippen molar-refractivity contribution in [2.24, 2.45) is 11.8 Å². The molecule has 21 heavy (non-hydrogen) atoms. The van der Waals surface area contributed by atoms with E-state index in [1.807, 2.05) is 0 Å². The van der Waals surface area contributed by atoms with Gasteiger partial charge in [0.25, 0.3) is 0 Å². The first-order valence-corrected chi connectivity index (χ1v) is 7.42. The molecular formula is C14H21F4NO2. The van der Waals surface area contributed by atoms with Gasteiger partial charge in [-0.05, 0) is 31.6 Å². The molecule has 0 aromatic rings. The minimum Gasteiger partial charge on any atom is -0.394 e. The second-order valence-corrected chi connectivity index (χ2v) is 6.18. The van der Waals surface area contributed by atoms with Crippen molar-refractivity contribution in [1.29, 1.82) is 0 Å². The van der Waals surface area contributed by atoms with E-state index in [0.717, 1.165) is 0 Å². The van der Waals surface area contributed by atoms with Gasteiger partial charge in [-0.25, -0.2) is 4.39 Å². The van der Waals surface area contributed by atoms with Gasteiger partial charge < -0.3 is 10.0 Å². The van der Waals surface area contributed by atoms with E-state index in [1.54, 1.807) is 0 Å². The van der Waals surface area contributed by atoms with Crippen molar-refractivity contribution >= 4 is 5.91 Å². The van der Waals surface area contributed by atoms with E-state index in [2.05, 4.69) is 0 Å². The molecule has 2 fully saturated rings. The largest absolute Gasteiger partial charge is 0.394 e. The third-order valence-electron chi connectivity index (χ3n) is 4.67. The maximum absolute atomic E-state index is 13.3. The molecule has 0 spiro atoms. The number of hydrogen-bond donors (Lipinski definition) is 1. The van der Waals surface area contributed by atoms with E-state index in [-0.39, 0.29) is 50.7 Å². The fraction of sp³-hybridized carbons (Fsp3) is 0.929. The number of amides is 1. The van der Waals surface area contributed by atoms with Crippen LogP contribution in [0.5, 0.6) is 0 Å². The van der Waals surface area contributed by atoms with Crippen molar-refractivity contribution < 1.29 is 27.5 Å². The molecule has 1 saturated carbocycles. The lowest BCUT2D eigenvalue weighted by Crippen LogP contribution is -2.39. The first kappa shape index (κ1) is 16.5. The quantitative estimate of drug-likeness (QED) is 0.814. The summed E-state index contributed by atoms with van der Waals surface area (Å²) >= 11 is 0. The summed E-state index contributed by atoms with van der Waals surface area (Å²) in [6.45, 7) is -0.283. The highest BCUT2D eigenvalue weighted by atomic mass is 19.4. The maximum atomic E-state index is 13.3. The topological polar surface area (TPSA) is 40.5 Å². The van der Waals surface area contributed by atoms with Crippen molar-refractivity contribution in [3.63, 3.8) is 0 Å². The number of rotatable bonds is 3. The Balaban J connectivity index is 1.82. The van der Waals surface area contributed by atoms with E-state index in [4.69, 9.17) is 5.11 Å². The number of alkyl halides is 4. The molecule has 122 valence electrons. The second kappa shape index (κ2) is 6.50.